The average molecular weight is 275 g/mol. The summed E-state index contributed by atoms with van der Waals surface area (Å²) in [6, 6.07) is 7.91. The molecule has 0 aliphatic carbocycles. The first kappa shape index (κ1) is 14.5. The Balaban J connectivity index is 2.04. The standard InChI is InChI=1S/C16H18FNO2/c1-2-7-20-15-9-13(10-18-11-15)16(19)8-12-3-5-14(17)6-4-12/h3-6,9-11,16,19H,2,7-8H2,1H3. The molecule has 0 saturated carbocycles. The van der Waals surface area contributed by atoms with E-state index in [0.717, 1.165) is 12.0 Å². The number of rotatable bonds is 6. The van der Waals surface area contributed by atoms with Gasteiger partial charge in [-0.2, -0.15) is 0 Å². The Labute approximate surface area is 118 Å². The molecule has 1 heterocycles. The summed E-state index contributed by atoms with van der Waals surface area (Å²) in [7, 11) is 0. The van der Waals surface area contributed by atoms with E-state index in [1.165, 1.54) is 12.1 Å². The summed E-state index contributed by atoms with van der Waals surface area (Å²) in [6.07, 6.45) is 3.90. The highest BCUT2D eigenvalue weighted by atomic mass is 19.1. The van der Waals surface area contributed by atoms with Crippen LogP contribution in [-0.2, 0) is 6.42 Å². The summed E-state index contributed by atoms with van der Waals surface area (Å²) in [5.41, 5.74) is 1.57. The number of hydrogen-bond donors (Lipinski definition) is 1. The highest BCUT2D eigenvalue weighted by Crippen LogP contribution is 2.21. The van der Waals surface area contributed by atoms with Crippen LogP contribution < -0.4 is 4.74 Å². The summed E-state index contributed by atoms with van der Waals surface area (Å²) in [5.74, 6) is 0.377. The van der Waals surface area contributed by atoms with Crippen molar-refractivity contribution in [3.05, 3.63) is 59.7 Å². The molecule has 1 unspecified atom stereocenters. The van der Waals surface area contributed by atoms with Crippen molar-refractivity contribution < 1.29 is 14.2 Å². The number of benzene rings is 1. The van der Waals surface area contributed by atoms with Crippen LogP contribution in [0.5, 0.6) is 5.75 Å². The smallest absolute Gasteiger partial charge is 0.137 e. The summed E-state index contributed by atoms with van der Waals surface area (Å²) in [4.78, 5) is 4.07. The van der Waals surface area contributed by atoms with Crippen LogP contribution in [0.4, 0.5) is 4.39 Å². The zero-order valence-corrected chi connectivity index (χ0v) is 11.4. The predicted octanol–water partition coefficient (Wildman–Crippen LogP) is 3.29. The van der Waals surface area contributed by atoms with Crippen LogP contribution >= 0.6 is 0 Å². The SMILES string of the molecule is CCCOc1cncc(C(O)Cc2ccc(F)cc2)c1. The summed E-state index contributed by atoms with van der Waals surface area (Å²) in [5, 5.41) is 10.2. The minimum absolute atomic E-state index is 0.278. The number of aliphatic hydroxyl groups excluding tert-OH is 1. The Morgan fingerprint density at radius 1 is 1.25 bits per heavy atom. The molecule has 1 N–H and O–H groups in total. The van der Waals surface area contributed by atoms with E-state index in [-0.39, 0.29) is 5.82 Å². The van der Waals surface area contributed by atoms with Crippen molar-refractivity contribution in [3.8, 4) is 5.75 Å². The molecule has 0 aliphatic rings. The van der Waals surface area contributed by atoms with Crippen molar-refractivity contribution in [2.24, 2.45) is 0 Å². The first-order chi connectivity index (χ1) is 9.69. The van der Waals surface area contributed by atoms with Gasteiger partial charge in [0.1, 0.15) is 11.6 Å². The Morgan fingerprint density at radius 3 is 2.70 bits per heavy atom. The van der Waals surface area contributed by atoms with Crippen molar-refractivity contribution >= 4 is 0 Å². The second kappa shape index (κ2) is 7.01. The third-order valence-electron chi connectivity index (χ3n) is 2.93. The van der Waals surface area contributed by atoms with Crippen molar-refractivity contribution in [1.82, 2.24) is 4.98 Å². The molecule has 0 amide bonds. The number of hydrogen-bond acceptors (Lipinski definition) is 3. The van der Waals surface area contributed by atoms with E-state index in [0.29, 0.717) is 24.3 Å². The van der Waals surface area contributed by atoms with Crippen molar-refractivity contribution in [1.29, 1.82) is 0 Å². The molecule has 0 spiro atoms. The van der Waals surface area contributed by atoms with Gasteiger partial charge in [-0.05, 0) is 30.2 Å². The third kappa shape index (κ3) is 4.03. The largest absolute Gasteiger partial charge is 0.492 e. The molecule has 2 rings (SSSR count). The van der Waals surface area contributed by atoms with Crippen LogP contribution in [-0.4, -0.2) is 16.7 Å². The molecule has 3 nitrogen and oxygen atoms in total. The van der Waals surface area contributed by atoms with Gasteiger partial charge in [0.2, 0.25) is 0 Å². The minimum Gasteiger partial charge on any atom is -0.492 e. The van der Waals surface area contributed by atoms with Crippen LogP contribution in [0.1, 0.15) is 30.6 Å². The van der Waals surface area contributed by atoms with Gasteiger partial charge in [0.15, 0.2) is 0 Å². The molecule has 4 heteroatoms. The number of aliphatic hydroxyl groups is 1. The normalized spacial score (nSPS) is 12.2. The fourth-order valence-electron chi connectivity index (χ4n) is 1.88. The predicted molar refractivity (Wildman–Crippen MR) is 75.1 cm³/mol. The molecule has 1 atom stereocenters. The first-order valence-electron chi connectivity index (χ1n) is 6.69. The quantitative estimate of drug-likeness (QED) is 0.879. The molecule has 1 aromatic carbocycles. The van der Waals surface area contributed by atoms with Gasteiger partial charge < -0.3 is 9.84 Å². The summed E-state index contributed by atoms with van der Waals surface area (Å²) < 4.78 is 18.3. The molecule has 20 heavy (non-hydrogen) atoms. The highest BCUT2D eigenvalue weighted by molar-refractivity contribution is 5.27. The Hall–Kier alpha value is -1.94. The number of aromatic nitrogens is 1. The summed E-state index contributed by atoms with van der Waals surface area (Å²) >= 11 is 0. The monoisotopic (exact) mass is 275 g/mol. The molecule has 106 valence electrons. The maximum absolute atomic E-state index is 12.8. The van der Waals surface area contributed by atoms with E-state index in [9.17, 15) is 9.50 Å². The van der Waals surface area contributed by atoms with Gasteiger partial charge >= 0.3 is 0 Å². The lowest BCUT2D eigenvalue weighted by Gasteiger charge is -2.12. The molecule has 0 fully saturated rings. The number of pyridine rings is 1. The van der Waals surface area contributed by atoms with Gasteiger partial charge in [0.05, 0.1) is 18.9 Å². The van der Waals surface area contributed by atoms with Gasteiger partial charge in [-0.1, -0.05) is 19.1 Å². The molecular weight excluding hydrogens is 257 g/mol. The molecule has 0 aliphatic heterocycles. The van der Waals surface area contributed by atoms with Gasteiger partial charge in [-0.25, -0.2) is 4.39 Å². The molecule has 0 saturated heterocycles. The number of nitrogens with zero attached hydrogens (tertiary/aromatic N) is 1. The van der Waals surface area contributed by atoms with Crippen LogP contribution in [0.25, 0.3) is 0 Å². The second-order valence-corrected chi connectivity index (χ2v) is 4.65. The van der Waals surface area contributed by atoms with E-state index < -0.39 is 6.10 Å². The van der Waals surface area contributed by atoms with E-state index in [2.05, 4.69) is 4.98 Å². The van der Waals surface area contributed by atoms with Crippen LogP contribution in [0, 0.1) is 5.82 Å². The fourth-order valence-corrected chi connectivity index (χ4v) is 1.88. The average Bonchev–Trinajstić information content (AvgIpc) is 2.48. The van der Waals surface area contributed by atoms with Gasteiger partial charge in [-0.3, -0.25) is 4.98 Å². The van der Waals surface area contributed by atoms with E-state index >= 15 is 0 Å². The van der Waals surface area contributed by atoms with Gasteiger partial charge in [0, 0.05) is 18.2 Å². The topological polar surface area (TPSA) is 42.4 Å². The number of halogens is 1. The van der Waals surface area contributed by atoms with Crippen molar-refractivity contribution in [2.75, 3.05) is 6.61 Å². The molecule has 1 aromatic heterocycles. The number of ether oxygens (including phenoxy) is 1. The highest BCUT2D eigenvalue weighted by Gasteiger charge is 2.10. The first-order valence-corrected chi connectivity index (χ1v) is 6.69. The molecule has 0 radical (unpaired) electrons. The maximum Gasteiger partial charge on any atom is 0.137 e. The van der Waals surface area contributed by atoms with Crippen LogP contribution in [0.2, 0.25) is 0 Å². The lowest BCUT2D eigenvalue weighted by atomic mass is 10.0. The zero-order valence-electron chi connectivity index (χ0n) is 11.4. The molecular formula is C16H18FNO2. The maximum atomic E-state index is 12.8. The van der Waals surface area contributed by atoms with Gasteiger partial charge in [0.25, 0.3) is 0 Å². The Kier molecular flexibility index (Phi) is 5.07. The van der Waals surface area contributed by atoms with Crippen LogP contribution in [0.3, 0.4) is 0 Å². The zero-order chi connectivity index (χ0) is 14.4. The minimum atomic E-state index is -0.682. The van der Waals surface area contributed by atoms with E-state index in [1.54, 1.807) is 30.6 Å². The summed E-state index contributed by atoms with van der Waals surface area (Å²) in [6.45, 7) is 2.65. The van der Waals surface area contributed by atoms with E-state index in [4.69, 9.17) is 4.74 Å². The molecule has 0 bridgehead atoms. The fraction of sp³-hybridized carbons (Fsp3) is 0.312. The molecule has 2 aromatic rings. The second-order valence-electron chi connectivity index (χ2n) is 4.65. The third-order valence-corrected chi connectivity index (χ3v) is 2.93. The van der Waals surface area contributed by atoms with Crippen LogP contribution in [0.15, 0.2) is 42.7 Å². The Bertz CT molecular complexity index is 542. The van der Waals surface area contributed by atoms with Gasteiger partial charge in [-0.15, -0.1) is 0 Å². The lowest BCUT2D eigenvalue weighted by molar-refractivity contribution is 0.177. The lowest BCUT2D eigenvalue weighted by Crippen LogP contribution is -2.04. The van der Waals surface area contributed by atoms with E-state index in [1.807, 2.05) is 6.92 Å². The van der Waals surface area contributed by atoms with Crippen molar-refractivity contribution in [2.45, 2.75) is 25.9 Å². The van der Waals surface area contributed by atoms with Crippen molar-refractivity contribution in [3.63, 3.8) is 0 Å². The Morgan fingerprint density at radius 2 is 2.00 bits per heavy atom.